The topological polar surface area (TPSA) is 120 Å². The van der Waals surface area contributed by atoms with E-state index in [4.69, 9.17) is 11.5 Å². The van der Waals surface area contributed by atoms with E-state index in [2.05, 4.69) is 12.1 Å². The number of nitrogen functional groups attached to an aromatic ring is 2. The van der Waals surface area contributed by atoms with Gasteiger partial charge in [-0.25, -0.2) is 0 Å². The average molecular weight is 444 g/mol. The molecule has 2 aliphatic rings. The van der Waals surface area contributed by atoms with Crippen molar-refractivity contribution in [1.29, 1.82) is 0 Å². The Morgan fingerprint density at radius 1 is 0.471 bits per heavy atom. The van der Waals surface area contributed by atoms with Crippen LogP contribution < -0.4 is 11.5 Å². The van der Waals surface area contributed by atoms with E-state index in [0.29, 0.717) is 33.6 Å². The van der Waals surface area contributed by atoms with Crippen LogP contribution >= 0.6 is 0 Å². The van der Waals surface area contributed by atoms with Crippen molar-refractivity contribution in [1.82, 2.24) is 0 Å². The number of carbonyl (C=O) groups excluding carboxylic acids is 4. The van der Waals surface area contributed by atoms with Crippen molar-refractivity contribution in [3.05, 3.63) is 129 Å². The molecule has 0 unspecified atom stereocenters. The minimum absolute atomic E-state index is 0.192. The zero-order valence-corrected chi connectivity index (χ0v) is 17.7. The van der Waals surface area contributed by atoms with Gasteiger partial charge < -0.3 is 11.5 Å². The van der Waals surface area contributed by atoms with E-state index in [9.17, 15) is 19.2 Å². The first-order valence-electron chi connectivity index (χ1n) is 10.4. The molecule has 0 aliphatic heterocycles. The number of hydrogen-bond acceptors (Lipinski definition) is 6. The third kappa shape index (κ3) is 3.12. The van der Waals surface area contributed by atoms with Crippen LogP contribution in [0.25, 0.3) is 0 Å². The summed E-state index contributed by atoms with van der Waals surface area (Å²) >= 11 is 0. The smallest absolute Gasteiger partial charge is 0.196 e. The highest BCUT2D eigenvalue weighted by Crippen LogP contribution is 2.31. The van der Waals surface area contributed by atoms with Crippen LogP contribution in [0.3, 0.4) is 0 Å². The number of carbonyl (C=O) groups is 4. The summed E-state index contributed by atoms with van der Waals surface area (Å²) in [6.07, 6.45) is 0. The van der Waals surface area contributed by atoms with E-state index in [1.54, 1.807) is 72.8 Å². The second kappa shape index (κ2) is 7.94. The van der Waals surface area contributed by atoms with Crippen molar-refractivity contribution in [2.45, 2.75) is 0 Å². The summed E-state index contributed by atoms with van der Waals surface area (Å²) in [5, 5.41) is 0. The second-order valence-electron chi connectivity index (χ2n) is 7.77. The molecule has 4 aromatic rings. The van der Waals surface area contributed by atoms with Gasteiger partial charge in [0.15, 0.2) is 23.1 Å². The highest BCUT2D eigenvalue weighted by Gasteiger charge is 2.31. The quantitative estimate of drug-likeness (QED) is 0.345. The van der Waals surface area contributed by atoms with Crippen molar-refractivity contribution in [2.24, 2.45) is 0 Å². The van der Waals surface area contributed by atoms with Crippen LogP contribution in [-0.2, 0) is 0 Å². The molecule has 0 atom stereocenters. The Kier molecular flexibility index (Phi) is 4.91. The maximum atomic E-state index is 12.2. The van der Waals surface area contributed by atoms with Gasteiger partial charge in [-0.1, -0.05) is 60.7 Å². The van der Waals surface area contributed by atoms with E-state index >= 15 is 0 Å². The fourth-order valence-electron chi connectivity index (χ4n) is 4.17. The van der Waals surface area contributed by atoms with Gasteiger partial charge in [-0.05, 0) is 24.3 Å². The van der Waals surface area contributed by atoms with Crippen LogP contribution in [0.4, 0.5) is 11.4 Å². The normalized spacial score (nSPS) is 13.2. The lowest BCUT2D eigenvalue weighted by Gasteiger charge is -2.17. The van der Waals surface area contributed by atoms with Gasteiger partial charge in [0, 0.05) is 44.8 Å². The van der Waals surface area contributed by atoms with Gasteiger partial charge in [-0.15, -0.1) is 0 Å². The van der Waals surface area contributed by atoms with Gasteiger partial charge in [-0.2, -0.15) is 0 Å². The number of ketones is 4. The molecule has 6 rings (SSSR count). The molecule has 6 heteroatoms. The minimum Gasteiger partial charge on any atom is -0.398 e. The lowest BCUT2D eigenvalue weighted by Crippen LogP contribution is -2.22. The summed E-state index contributed by atoms with van der Waals surface area (Å²) in [6.45, 7) is 0. The Bertz CT molecular complexity index is 1440. The third-order valence-corrected chi connectivity index (χ3v) is 5.80. The number of nitrogens with two attached hydrogens (primary N) is 2. The Morgan fingerprint density at radius 3 is 1.15 bits per heavy atom. The molecule has 0 spiro atoms. The Morgan fingerprint density at radius 2 is 0.794 bits per heavy atom. The molecule has 162 valence electrons. The van der Waals surface area contributed by atoms with E-state index in [1.807, 2.05) is 0 Å². The number of benzene rings is 4. The average Bonchev–Trinajstić information content (AvgIpc) is 2.86. The van der Waals surface area contributed by atoms with Crippen molar-refractivity contribution < 1.29 is 19.2 Å². The molecule has 2 radical (unpaired) electrons. The Labute approximate surface area is 194 Å². The summed E-state index contributed by atoms with van der Waals surface area (Å²) in [6, 6.07) is 25.4. The predicted molar refractivity (Wildman–Crippen MR) is 126 cm³/mol. The second-order valence-corrected chi connectivity index (χ2v) is 7.77. The van der Waals surface area contributed by atoms with Crippen molar-refractivity contribution >= 4 is 34.5 Å². The molecule has 0 heterocycles. The highest BCUT2D eigenvalue weighted by atomic mass is 16.1. The SMILES string of the molecule is Nc1cc[c]c2c1C(=O)c1ccccc1C2=O.Nc1cc[c]c2c1C(=O)c1ccccc1C2=O. The summed E-state index contributed by atoms with van der Waals surface area (Å²) in [7, 11) is 0. The molecule has 34 heavy (non-hydrogen) atoms. The zero-order valence-electron chi connectivity index (χ0n) is 17.7. The molecule has 4 aromatic carbocycles. The van der Waals surface area contributed by atoms with E-state index < -0.39 is 0 Å². The lowest BCUT2D eigenvalue weighted by molar-refractivity contribution is 0.0979. The molecule has 2 aliphatic carbocycles. The van der Waals surface area contributed by atoms with Crippen molar-refractivity contribution in [2.75, 3.05) is 11.5 Å². The number of rotatable bonds is 0. The molecule has 6 nitrogen and oxygen atoms in total. The molecule has 0 fully saturated rings. The third-order valence-electron chi connectivity index (χ3n) is 5.80. The molecule has 0 amide bonds. The zero-order chi connectivity index (χ0) is 24.0. The van der Waals surface area contributed by atoms with Crippen LogP contribution in [0.5, 0.6) is 0 Å². The largest absolute Gasteiger partial charge is 0.398 e. The first-order valence-corrected chi connectivity index (χ1v) is 10.4. The van der Waals surface area contributed by atoms with E-state index in [-0.39, 0.29) is 45.4 Å². The number of fused-ring (bicyclic) bond motifs is 4. The molecule has 0 aromatic heterocycles. The summed E-state index contributed by atoms with van der Waals surface area (Å²) in [4.78, 5) is 48.8. The molecule has 0 saturated carbocycles. The first kappa shape index (κ1) is 21.0. The molecular weight excluding hydrogens is 428 g/mol. The summed E-state index contributed by atoms with van der Waals surface area (Å²) in [5.74, 6) is -0.792. The van der Waals surface area contributed by atoms with Crippen LogP contribution in [0.15, 0.2) is 72.8 Å². The highest BCUT2D eigenvalue weighted by molar-refractivity contribution is 6.30. The fourth-order valence-corrected chi connectivity index (χ4v) is 4.17. The van der Waals surface area contributed by atoms with Crippen LogP contribution in [-0.4, -0.2) is 23.1 Å². The predicted octanol–water partition coefficient (Wildman–Crippen LogP) is 3.69. The maximum Gasteiger partial charge on any atom is 0.196 e. The van der Waals surface area contributed by atoms with Crippen LogP contribution in [0.2, 0.25) is 0 Å². The van der Waals surface area contributed by atoms with Gasteiger partial charge in [0.05, 0.1) is 11.1 Å². The monoisotopic (exact) mass is 444 g/mol. The van der Waals surface area contributed by atoms with Gasteiger partial charge >= 0.3 is 0 Å². The molecule has 0 bridgehead atoms. The van der Waals surface area contributed by atoms with Gasteiger partial charge in [0.25, 0.3) is 0 Å². The maximum absolute atomic E-state index is 12.2. The van der Waals surface area contributed by atoms with E-state index in [1.165, 1.54) is 0 Å². The van der Waals surface area contributed by atoms with Gasteiger partial charge in [-0.3, -0.25) is 19.2 Å². The summed E-state index contributed by atoms with van der Waals surface area (Å²) < 4.78 is 0. The van der Waals surface area contributed by atoms with Crippen LogP contribution in [0, 0.1) is 12.1 Å². The van der Waals surface area contributed by atoms with Gasteiger partial charge in [0.1, 0.15) is 0 Å². The van der Waals surface area contributed by atoms with Crippen molar-refractivity contribution in [3.63, 3.8) is 0 Å². The Balaban J connectivity index is 0.000000142. The standard InChI is InChI=1S/2C14H8NO2/c2*15-11-7-3-6-10-12(11)14(17)9-5-2-1-4-8(9)13(10)16/h2*1-5,7H,15H2. The van der Waals surface area contributed by atoms with Gasteiger partial charge in [0.2, 0.25) is 0 Å². The molecular formula is C28H16N2O4. The van der Waals surface area contributed by atoms with Crippen molar-refractivity contribution in [3.8, 4) is 0 Å². The fraction of sp³-hybridized carbons (Fsp3) is 0. The number of hydrogen-bond donors (Lipinski definition) is 2. The lowest BCUT2D eigenvalue weighted by atomic mass is 9.83. The van der Waals surface area contributed by atoms with Crippen LogP contribution in [0.1, 0.15) is 63.7 Å². The van der Waals surface area contributed by atoms with E-state index in [0.717, 1.165) is 0 Å². The number of anilines is 2. The summed E-state index contributed by atoms with van der Waals surface area (Å²) in [5.41, 5.74) is 14.9. The minimum atomic E-state index is -0.204. The first-order chi connectivity index (χ1) is 16.4. The molecule has 4 N–H and O–H groups in total. The Hall–Kier alpha value is -4.84. The molecule has 0 saturated heterocycles.